The Morgan fingerprint density at radius 2 is 2.43 bits per heavy atom. The van der Waals surface area contributed by atoms with Crippen LogP contribution in [-0.4, -0.2) is 30.6 Å². The summed E-state index contributed by atoms with van der Waals surface area (Å²) in [6.45, 7) is 3.90. The third-order valence-electron chi connectivity index (χ3n) is 3.65. The molecular formula is C15H17ClN2O2S. The lowest BCUT2D eigenvalue weighted by molar-refractivity contribution is -0.148. The molecular weight excluding hydrogens is 308 g/mol. The number of ether oxygens (including phenoxy) is 1. The Balaban J connectivity index is 1.79. The minimum atomic E-state index is -0.0913. The molecule has 2 heterocycles. The van der Waals surface area contributed by atoms with E-state index in [4.69, 9.17) is 16.3 Å². The second kappa shape index (κ2) is 6.20. The number of rotatable bonds is 3. The highest BCUT2D eigenvalue weighted by Crippen LogP contribution is 2.33. The Bertz CT molecular complexity index is 658. The maximum atomic E-state index is 11.9. The van der Waals surface area contributed by atoms with Crippen molar-refractivity contribution in [3.8, 4) is 0 Å². The minimum absolute atomic E-state index is 0.0469. The summed E-state index contributed by atoms with van der Waals surface area (Å²) in [4.78, 5) is 18.7. The third kappa shape index (κ3) is 3.14. The molecule has 1 aromatic carbocycles. The quantitative estimate of drug-likeness (QED) is 0.807. The van der Waals surface area contributed by atoms with Crippen LogP contribution < -0.4 is 4.90 Å². The number of aromatic nitrogens is 1. The molecule has 1 aliphatic rings. The van der Waals surface area contributed by atoms with Crippen molar-refractivity contribution in [1.29, 1.82) is 0 Å². The van der Waals surface area contributed by atoms with Gasteiger partial charge in [-0.1, -0.05) is 22.9 Å². The Hall–Kier alpha value is -1.33. The normalized spacial score (nSPS) is 19.0. The first-order valence-corrected chi connectivity index (χ1v) is 8.34. The zero-order chi connectivity index (χ0) is 14.8. The van der Waals surface area contributed by atoms with Gasteiger partial charge in [0.05, 0.1) is 22.7 Å². The van der Waals surface area contributed by atoms with Crippen molar-refractivity contribution in [2.75, 3.05) is 24.6 Å². The van der Waals surface area contributed by atoms with E-state index >= 15 is 0 Å². The number of hydrogen-bond donors (Lipinski definition) is 0. The third-order valence-corrected chi connectivity index (χ3v) is 4.97. The largest absolute Gasteiger partial charge is 0.466 e. The summed E-state index contributed by atoms with van der Waals surface area (Å²) >= 11 is 7.64. The number of halogens is 1. The van der Waals surface area contributed by atoms with Gasteiger partial charge >= 0.3 is 5.97 Å². The van der Waals surface area contributed by atoms with Gasteiger partial charge < -0.3 is 9.64 Å². The fourth-order valence-corrected chi connectivity index (χ4v) is 3.90. The van der Waals surface area contributed by atoms with Crippen LogP contribution in [0.5, 0.6) is 0 Å². The lowest BCUT2D eigenvalue weighted by atomic mass is 9.99. The molecule has 0 spiro atoms. The Labute approximate surface area is 132 Å². The van der Waals surface area contributed by atoms with Gasteiger partial charge in [0.1, 0.15) is 0 Å². The number of carbonyl (C=O) groups is 1. The summed E-state index contributed by atoms with van der Waals surface area (Å²) in [5, 5.41) is 1.68. The van der Waals surface area contributed by atoms with Crippen LogP contribution in [0, 0.1) is 5.92 Å². The Morgan fingerprint density at radius 1 is 1.57 bits per heavy atom. The van der Waals surface area contributed by atoms with Gasteiger partial charge in [-0.3, -0.25) is 4.79 Å². The van der Waals surface area contributed by atoms with Crippen LogP contribution in [0.25, 0.3) is 10.2 Å². The van der Waals surface area contributed by atoms with E-state index in [-0.39, 0.29) is 11.9 Å². The van der Waals surface area contributed by atoms with Gasteiger partial charge in [0.15, 0.2) is 5.13 Å². The molecule has 0 aliphatic carbocycles. The van der Waals surface area contributed by atoms with Crippen molar-refractivity contribution in [3.05, 3.63) is 23.2 Å². The van der Waals surface area contributed by atoms with Crippen molar-refractivity contribution in [1.82, 2.24) is 4.98 Å². The van der Waals surface area contributed by atoms with Gasteiger partial charge in [-0.05, 0) is 38.0 Å². The zero-order valence-corrected chi connectivity index (χ0v) is 13.4. The molecule has 0 bridgehead atoms. The molecule has 1 fully saturated rings. The molecule has 1 aliphatic heterocycles. The molecule has 0 unspecified atom stereocenters. The maximum Gasteiger partial charge on any atom is 0.310 e. The van der Waals surface area contributed by atoms with Crippen LogP contribution in [0.1, 0.15) is 19.8 Å². The maximum absolute atomic E-state index is 11.9. The first-order valence-electron chi connectivity index (χ1n) is 7.15. The highest BCUT2D eigenvalue weighted by molar-refractivity contribution is 7.22. The van der Waals surface area contributed by atoms with Gasteiger partial charge in [-0.15, -0.1) is 0 Å². The Kier molecular flexibility index (Phi) is 4.31. The standard InChI is InChI=1S/C15H17ClN2O2S/c1-2-20-14(19)10-4-3-7-18(9-10)15-17-12-6-5-11(16)8-13(12)21-15/h5-6,8,10H,2-4,7,9H2,1H3/t10-/m1/s1. The lowest BCUT2D eigenvalue weighted by Gasteiger charge is -2.31. The molecule has 4 nitrogen and oxygen atoms in total. The van der Waals surface area contributed by atoms with Crippen molar-refractivity contribution in [2.45, 2.75) is 19.8 Å². The number of thiazole rings is 1. The number of fused-ring (bicyclic) bond motifs is 1. The number of carbonyl (C=O) groups excluding carboxylic acids is 1. The predicted molar refractivity (Wildman–Crippen MR) is 86.2 cm³/mol. The van der Waals surface area contributed by atoms with E-state index in [1.165, 1.54) is 0 Å². The van der Waals surface area contributed by atoms with E-state index in [9.17, 15) is 4.79 Å². The molecule has 0 radical (unpaired) electrons. The Morgan fingerprint density at radius 3 is 3.24 bits per heavy atom. The first-order chi connectivity index (χ1) is 10.2. The van der Waals surface area contributed by atoms with Gasteiger partial charge in [-0.25, -0.2) is 4.98 Å². The fourth-order valence-electron chi connectivity index (χ4n) is 2.62. The highest BCUT2D eigenvalue weighted by atomic mass is 35.5. The topological polar surface area (TPSA) is 42.4 Å². The molecule has 2 aromatic rings. The molecule has 3 rings (SSSR count). The number of hydrogen-bond acceptors (Lipinski definition) is 5. The molecule has 0 N–H and O–H groups in total. The van der Waals surface area contributed by atoms with Crippen LogP contribution in [0.4, 0.5) is 5.13 Å². The van der Waals surface area contributed by atoms with E-state index in [2.05, 4.69) is 9.88 Å². The van der Waals surface area contributed by atoms with E-state index in [0.717, 1.165) is 39.8 Å². The minimum Gasteiger partial charge on any atom is -0.466 e. The molecule has 0 saturated carbocycles. The summed E-state index contributed by atoms with van der Waals surface area (Å²) in [5.41, 5.74) is 0.956. The summed E-state index contributed by atoms with van der Waals surface area (Å²) in [5.74, 6) is -0.138. The summed E-state index contributed by atoms with van der Waals surface area (Å²) < 4.78 is 6.22. The zero-order valence-electron chi connectivity index (χ0n) is 11.8. The molecule has 21 heavy (non-hydrogen) atoms. The highest BCUT2D eigenvalue weighted by Gasteiger charge is 2.28. The first kappa shape index (κ1) is 14.6. The number of benzene rings is 1. The molecule has 6 heteroatoms. The molecule has 1 aromatic heterocycles. The number of anilines is 1. The van der Waals surface area contributed by atoms with E-state index in [0.29, 0.717) is 13.2 Å². The van der Waals surface area contributed by atoms with Crippen LogP contribution in [0.3, 0.4) is 0 Å². The van der Waals surface area contributed by atoms with E-state index in [1.807, 2.05) is 25.1 Å². The lowest BCUT2D eigenvalue weighted by Crippen LogP contribution is -2.39. The van der Waals surface area contributed by atoms with Crippen LogP contribution in [0.2, 0.25) is 5.02 Å². The molecule has 1 saturated heterocycles. The summed E-state index contributed by atoms with van der Waals surface area (Å²) in [6.07, 6.45) is 1.88. The van der Waals surface area contributed by atoms with Crippen molar-refractivity contribution >= 4 is 44.3 Å². The summed E-state index contributed by atoms with van der Waals surface area (Å²) in [7, 11) is 0. The van der Waals surface area contributed by atoms with Crippen molar-refractivity contribution in [2.24, 2.45) is 5.92 Å². The van der Waals surface area contributed by atoms with Gasteiger partial charge in [0.25, 0.3) is 0 Å². The number of piperidine rings is 1. The fraction of sp³-hybridized carbons (Fsp3) is 0.467. The van der Waals surface area contributed by atoms with Crippen LogP contribution in [0.15, 0.2) is 18.2 Å². The molecule has 0 amide bonds. The van der Waals surface area contributed by atoms with Gasteiger partial charge in [-0.2, -0.15) is 0 Å². The second-order valence-electron chi connectivity index (χ2n) is 5.15. The van der Waals surface area contributed by atoms with Gasteiger partial charge in [0, 0.05) is 18.1 Å². The van der Waals surface area contributed by atoms with E-state index < -0.39 is 0 Å². The monoisotopic (exact) mass is 324 g/mol. The van der Waals surface area contributed by atoms with Crippen LogP contribution in [-0.2, 0) is 9.53 Å². The van der Waals surface area contributed by atoms with E-state index in [1.54, 1.807) is 11.3 Å². The molecule has 1 atom stereocenters. The van der Waals surface area contributed by atoms with Crippen molar-refractivity contribution in [3.63, 3.8) is 0 Å². The number of esters is 1. The average Bonchev–Trinajstić information content (AvgIpc) is 2.90. The second-order valence-corrected chi connectivity index (χ2v) is 6.59. The SMILES string of the molecule is CCOC(=O)[C@@H]1CCCN(c2nc3ccc(Cl)cc3s2)C1. The van der Waals surface area contributed by atoms with Gasteiger partial charge in [0.2, 0.25) is 0 Å². The smallest absolute Gasteiger partial charge is 0.310 e. The van der Waals surface area contributed by atoms with Crippen molar-refractivity contribution < 1.29 is 9.53 Å². The predicted octanol–water partition coefficient (Wildman–Crippen LogP) is 3.73. The number of nitrogens with zero attached hydrogens (tertiary/aromatic N) is 2. The average molecular weight is 325 g/mol. The van der Waals surface area contributed by atoms with Crippen LogP contribution >= 0.6 is 22.9 Å². The summed E-state index contributed by atoms with van der Waals surface area (Å²) in [6, 6.07) is 5.72. The molecule has 112 valence electrons.